The molecule has 2 rings (SSSR count). The van der Waals surface area contributed by atoms with Crippen molar-refractivity contribution in [1.29, 1.82) is 0 Å². The smallest absolute Gasteiger partial charge is 0.229 e. The predicted molar refractivity (Wildman–Crippen MR) is 95.6 cm³/mol. The minimum Gasteiger partial charge on any atom is -0.408 e. The summed E-state index contributed by atoms with van der Waals surface area (Å²) in [6, 6.07) is 0. The molecule has 0 aromatic carbocycles. The first-order valence-corrected chi connectivity index (χ1v) is 11.4. The highest BCUT2D eigenvalue weighted by atomic mass is 28.4. The fourth-order valence-corrected chi connectivity index (χ4v) is 3.98. The van der Waals surface area contributed by atoms with Gasteiger partial charge < -0.3 is 30.0 Å². The quantitative estimate of drug-likeness (QED) is 0.657. The number of ether oxygens (including phenoxy) is 1. The maximum absolute atomic E-state index is 10.8. The summed E-state index contributed by atoms with van der Waals surface area (Å²) in [5.41, 5.74) is 5.59. The second-order valence-electron chi connectivity index (χ2n) is 7.97. The largest absolute Gasteiger partial charge is 0.408 e. The lowest BCUT2D eigenvalue weighted by Gasteiger charge is -2.40. The highest BCUT2D eigenvalue weighted by Crippen LogP contribution is 2.40. The Morgan fingerprint density at radius 3 is 2.50 bits per heavy atom. The van der Waals surface area contributed by atoms with Crippen molar-refractivity contribution < 1.29 is 19.4 Å². The Balaban J connectivity index is 2.18. The van der Waals surface area contributed by atoms with Crippen molar-refractivity contribution in [2.24, 2.45) is 10.7 Å². The molecule has 0 aromatic heterocycles. The molecular formula is C16H31N3O4Si. The van der Waals surface area contributed by atoms with E-state index in [-0.39, 0.29) is 17.0 Å². The summed E-state index contributed by atoms with van der Waals surface area (Å²) in [7, 11) is -2.06. The number of aliphatic imine (C=N–C) groups is 1. The Kier molecular flexibility index (Phi) is 5.46. The molecule has 0 radical (unpaired) electrons. The van der Waals surface area contributed by atoms with Crippen molar-refractivity contribution in [3.05, 3.63) is 12.3 Å². The molecule has 2 heterocycles. The summed E-state index contributed by atoms with van der Waals surface area (Å²) < 4.78 is 12.4. The second kappa shape index (κ2) is 6.76. The monoisotopic (exact) mass is 357 g/mol. The molecule has 0 amide bonds. The summed E-state index contributed by atoms with van der Waals surface area (Å²) in [5, 5.41) is 21.0. The third kappa shape index (κ3) is 3.67. The Labute approximate surface area is 145 Å². The number of nitrogens with zero attached hydrogens (tertiary/aromatic N) is 2. The SMILES string of the molecule is CCC1OC(N2C=CC(N)=NC2O)C(O)C1O[Si](C)(C)C(C)(C)C. The van der Waals surface area contributed by atoms with Crippen LogP contribution in [0.4, 0.5) is 0 Å². The fourth-order valence-electron chi connectivity index (χ4n) is 2.66. The van der Waals surface area contributed by atoms with E-state index in [2.05, 4.69) is 38.9 Å². The molecule has 7 nitrogen and oxygen atoms in total. The molecule has 0 aromatic rings. The molecule has 2 aliphatic heterocycles. The first-order chi connectivity index (χ1) is 11.0. The summed E-state index contributed by atoms with van der Waals surface area (Å²) in [5.74, 6) is 0.243. The molecule has 138 valence electrons. The molecule has 0 saturated carbocycles. The predicted octanol–water partition coefficient (Wildman–Crippen LogP) is 1.33. The van der Waals surface area contributed by atoms with Gasteiger partial charge in [0.1, 0.15) is 18.0 Å². The van der Waals surface area contributed by atoms with Crippen molar-refractivity contribution in [3.8, 4) is 0 Å². The Morgan fingerprint density at radius 1 is 1.38 bits per heavy atom. The number of nitrogens with two attached hydrogens (primary N) is 1. The maximum atomic E-state index is 10.8. The Morgan fingerprint density at radius 2 is 2.00 bits per heavy atom. The number of hydrogen-bond acceptors (Lipinski definition) is 7. The zero-order valence-electron chi connectivity index (χ0n) is 15.4. The first kappa shape index (κ1) is 19.4. The van der Waals surface area contributed by atoms with Crippen molar-refractivity contribution in [1.82, 2.24) is 4.90 Å². The van der Waals surface area contributed by atoms with E-state index in [1.165, 1.54) is 4.90 Å². The van der Waals surface area contributed by atoms with E-state index in [0.29, 0.717) is 6.42 Å². The van der Waals surface area contributed by atoms with E-state index >= 15 is 0 Å². The summed E-state index contributed by atoms with van der Waals surface area (Å²) in [4.78, 5) is 5.37. The standard InChI is InChI=1S/C16H31N3O4Si/c1-7-10-13(23-24(5,6)16(2,3)4)12(20)14(22-10)19-9-8-11(17)18-15(19)21/h8-10,12-15,20-21H,7H2,1-6H3,(H2,17,18). The van der Waals surface area contributed by atoms with Gasteiger partial charge in [0.2, 0.25) is 6.35 Å². The molecule has 1 fully saturated rings. The lowest BCUT2D eigenvalue weighted by atomic mass is 10.1. The number of hydrogen-bond donors (Lipinski definition) is 3. The third-order valence-corrected chi connectivity index (χ3v) is 9.66. The fraction of sp³-hybridized carbons (Fsp3) is 0.812. The molecule has 2 aliphatic rings. The van der Waals surface area contributed by atoms with E-state index in [1.807, 2.05) is 6.92 Å². The number of amidine groups is 1. The molecule has 24 heavy (non-hydrogen) atoms. The van der Waals surface area contributed by atoms with Crippen LogP contribution in [0, 0.1) is 0 Å². The zero-order valence-corrected chi connectivity index (χ0v) is 16.4. The molecule has 5 atom stereocenters. The van der Waals surface area contributed by atoms with Gasteiger partial charge in [-0.05, 0) is 30.6 Å². The van der Waals surface area contributed by atoms with Crippen LogP contribution in [0.15, 0.2) is 17.3 Å². The van der Waals surface area contributed by atoms with Crippen molar-refractivity contribution >= 4 is 14.2 Å². The number of aliphatic hydroxyl groups excluding tert-OH is 2. The molecule has 0 bridgehead atoms. The topological polar surface area (TPSA) is 101 Å². The van der Waals surface area contributed by atoms with Crippen LogP contribution in [0.1, 0.15) is 34.1 Å². The van der Waals surface area contributed by atoms with Gasteiger partial charge in [-0.1, -0.05) is 27.7 Å². The van der Waals surface area contributed by atoms with Gasteiger partial charge in [-0.2, -0.15) is 0 Å². The van der Waals surface area contributed by atoms with E-state index in [4.69, 9.17) is 14.9 Å². The van der Waals surface area contributed by atoms with E-state index in [1.54, 1.807) is 12.3 Å². The third-order valence-electron chi connectivity index (χ3n) is 5.19. The molecule has 0 spiro atoms. The van der Waals surface area contributed by atoms with Gasteiger partial charge in [-0.25, -0.2) is 4.99 Å². The second-order valence-corrected chi connectivity index (χ2v) is 12.7. The van der Waals surface area contributed by atoms with Gasteiger partial charge in [0.05, 0.1) is 6.10 Å². The van der Waals surface area contributed by atoms with Crippen molar-refractivity contribution in [2.75, 3.05) is 0 Å². The summed E-state index contributed by atoms with van der Waals surface area (Å²) >= 11 is 0. The average molecular weight is 358 g/mol. The van der Waals surface area contributed by atoms with Gasteiger partial charge >= 0.3 is 0 Å². The van der Waals surface area contributed by atoms with Crippen LogP contribution in [0.3, 0.4) is 0 Å². The van der Waals surface area contributed by atoms with Crippen LogP contribution in [0.2, 0.25) is 18.1 Å². The van der Waals surface area contributed by atoms with Crippen LogP contribution in [0.25, 0.3) is 0 Å². The molecule has 4 N–H and O–H groups in total. The molecular weight excluding hydrogens is 326 g/mol. The first-order valence-electron chi connectivity index (χ1n) is 8.46. The van der Waals surface area contributed by atoms with Crippen LogP contribution in [0.5, 0.6) is 0 Å². The maximum Gasteiger partial charge on any atom is 0.229 e. The van der Waals surface area contributed by atoms with Crippen LogP contribution in [-0.2, 0) is 9.16 Å². The van der Waals surface area contributed by atoms with Gasteiger partial charge in [0, 0.05) is 6.20 Å². The average Bonchev–Trinajstić information content (AvgIpc) is 2.74. The molecule has 5 unspecified atom stereocenters. The van der Waals surface area contributed by atoms with E-state index < -0.39 is 33.1 Å². The molecule has 1 saturated heterocycles. The zero-order chi connectivity index (χ0) is 18.3. The van der Waals surface area contributed by atoms with E-state index in [0.717, 1.165) is 0 Å². The number of aliphatic hydroxyl groups is 2. The molecule has 0 aliphatic carbocycles. The van der Waals surface area contributed by atoms with Crippen molar-refractivity contribution in [2.45, 2.75) is 83.1 Å². The highest BCUT2D eigenvalue weighted by Gasteiger charge is 2.51. The lowest BCUT2D eigenvalue weighted by Crippen LogP contribution is -2.51. The van der Waals surface area contributed by atoms with Crippen LogP contribution >= 0.6 is 0 Å². The van der Waals surface area contributed by atoms with Gasteiger partial charge in [-0.15, -0.1) is 0 Å². The number of rotatable bonds is 4. The Hall–Kier alpha value is -0.933. The Bertz CT molecular complexity index is 518. The van der Waals surface area contributed by atoms with Crippen LogP contribution < -0.4 is 5.73 Å². The van der Waals surface area contributed by atoms with E-state index in [9.17, 15) is 10.2 Å². The van der Waals surface area contributed by atoms with Gasteiger partial charge in [0.25, 0.3) is 0 Å². The van der Waals surface area contributed by atoms with Crippen LogP contribution in [-0.4, -0.2) is 60.2 Å². The molecule has 8 heteroatoms. The highest BCUT2D eigenvalue weighted by molar-refractivity contribution is 6.74. The lowest BCUT2D eigenvalue weighted by molar-refractivity contribution is -0.125. The van der Waals surface area contributed by atoms with Gasteiger partial charge in [-0.3, -0.25) is 0 Å². The van der Waals surface area contributed by atoms with Gasteiger partial charge in [0.15, 0.2) is 14.5 Å². The van der Waals surface area contributed by atoms with Crippen molar-refractivity contribution in [3.63, 3.8) is 0 Å². The minimum atomic E-state index is -2.06. The summed E-state index contributed by atoms with van der Waals surface area (Å²) in [6.07, 6.45) is 0.470. The summed E-state index contributed by atoms with van der Waals surface area (Å²) in [6.45, 7) is 12.8. The normalized spacial score (nSPS) is 34.6. The minimum absolute atomic E-state index is 0.0341.